The molecule has 6 heteroatoms. The minimum Gasteiger partial charge on any atom is -0.486 e. The maximum Gasteiger partial charge on any atom is 0.224 e. The van der Waals surface area contributed by atoms with Crippen LogP contribution in [0.1, 0.15) is 11.1 Å². The van der Waals surface area contributed by atoms with Crippen LogP contribution in [-0.2, 0) is 17.6 Å². The molecule has 2 heterocycles. The van der Waals surface area contributed by atoms with Crippen molar-refractivity contribution in [2.45, 2.75) is 12.8 Å². The van der Waals surface area contributed by atoms with Gasteiger partial charge in [0.15, 0.2) is 11.5 Å². The van der Waals surface area contributed by atoms with Gasteiger partial charge in [-0.3, -0.25) is 4.79 Å². The van der Waals surface area contributed by atoms with Crippen LogP contribution >= 0.6 is 0 Å². The van der Waals surface area contributed by atoms with Crippen molar-refractivity contribution in [3.05, 3.63) is 72.1 Å². The Morgan fingerprint density at radius 1 is 1.04 bits per heavy atom. The third-order valence-electron chi connectivity index (χ3n) is 4.36. The quantitative estimate of drug-likeness (QED) is 0.731. The smallest absolute Gasteiger partial charge is 0.224 e. The third kappa shape index (κ3) is 4.28. The average Bonchev–Trinajstić information content (AvgIpc) is 3.17. The number of hydrogen-bond donors (Lipinski definition) is 1. The second kappa shape index (κ2) is 7.95. The van der Waals surface area contributed by atoms with E-state index in [1.165, 1.54) is 0 Å². The summed E-state index contributed by atoms with van der Waals surface area (Å²) in [6.45, 7) is 1.73. The first-order valence-corrected chi connectivity index (χ1v) is 9.02. The SMILES string of the molecule is O=C(Cc1cnn(-c2ccccc2)c1)NCCc1ccc2c(c1)OCCO2. The number of hydrogen-bond acceptors (Lipinski definition) is 4. The average molecular weight is 363 g/mol. The van der Waals surface area contributed by atoms with Gasteiger partial charge < -0.3 is 14.8 Å². The van der Waals surface area contributed by atoms with Crippen molar-refractivity contribution in [1.29, 1.82) is 0 Å². The Balaban J connectivity index is 1.27. The van der Waals surface area contributed by atoms with Crippen molar-refractivity contribution in [1.82, 2.24) is 15.1 Å². The first kappa shape index (κ1) is 17.1. The highest BCUT2D eigenvalue weighted by molar-refractivity contribution is 5.78. The van der Waals surface area contributed by atoms with Crippen molar-refractivity contribution in [3.63, 3.8) is 0 Å². The fourth-order valence-electron chi connectivity index (χ4n) is 3.01. The van der Waals surface area contributed by atoms with E-state index >= 15 is 0 Å². The van der Waals surface area contributed by atoms with Gasteiger partial charge in [0, 0.05) is 12.7 Å². The lowest BCUT2D eigenvalue weighted by molar-refractivity contribution is -0.120. The van der Waals surface area contributed by atoms with E-state index in [0.29, 0.717) is 26.2 Å². The second-order valence-electron chi connectivity index (χ2n) is 6.38. The van der Waals surface area contributed by atoms with Crippen molar-refractivity contribution < 1.29 is 14.3 Å². The summed E-state index contributed by atoms with van der Waals surface area (Å²) in [5.74, 6) is 1.54. The molecule has 1 N–H and O–H groups in total. The Kier molecular flexibility index (Phi) is 5.05. The molecule has 27 heavy (non-hydrogen) atoms. The summed E-state index contributed by atoms with van der Waals surface area (Å²) in [4.78, 5) is 12.2. The van der Waals surface area contributed by atoms with Gasteiger partial charge >= 0.3 is 0 Å². The van der Waals surface area contributed by atoms with Crippen LogP contribution in [-0.4, -0.2) is 35.4 Å². The first-order valence-electron chi connectivity index (χ1n) is 9.02. The number of ether oxygens (including phenoxy) is 2. The van der Waals surface area contributed by atoms with E-state index < -0.39 is 0 Å². The van der Waals surface area contributed by atoms with E-state index in [0.717, 1.165) is 34.7 Å². The summed E-state index contributed by atoms with van der Waals surface area (Å²) in [6.07, 6.45) is 4.67. The molecule has 0 unspecified atom stereocenters. The molecule has 1 aliphatic heterocycles. The van der Waals surface area contributed by atoms with Crippen LogP contribution in [0.25, 0.3) is 5.69 Å². The molecule has 0 radical (unpaired) electrons. The van der Waals surface area contributed by atoms with Gasteiger partial charge in [0.2, 0.25) is 5.91 Å². The van der Waals surface area contributed by atoms with E-state index in [4.69, 9.17) is 9.47 Å². The predicted molar refractivity (Wildman–Crippen MR) is 101 cm³/mol. The van der Waals surface area contributed by atoms with Crippen molar-refractivity contribution in [2.75, 3.05) is 19.8 Å². The van der Waals surface area contributed by atoms with Gasteiger partial charge in [0.1, 0.15) is 13.2 Å². The molecule has 1 aliphatic rings. The highest BCUT2D eigenvalue weighted by Gasteiger charge is 2.12. The molecule has 6 nitrogen and oxygen atoms in total. The van der Waals surface area contributed by atoms with Crippen LogP contribution in [0, 0.1) is 0 Å². The van der Waals surface area contributed by atoms with E-state index in [-0.39, 0.29) is 5.91 Å². The summed E-state index contributed by atoms with van der Waals surface area (Å²) in [7, 11) is 0. The Bertz CT molecular complexity index is 921. The molecule has 2 aromatic carbocycles. The standard InChI is InChI=1S/C21H21N3O3/c25-21(13-17-14-23-24(15-17)18-4-2-1-3-5-18)22-9-8-16-6-7-19-20(12-16)27-11-10-26-19/h1-7,12,14-15H,8-11,13H2,(H,22,25). The summed E-state index contributed by atoms with van der Waals surface area (Å²) in [5.41, 5.74) is 2.97. The number of rotatable bonds is 6. The second-order valence-corrected chi connectivity index (χ2v) is 6.38. The lowest BCUT2D eigenvalue weighted by Crippen LogP contribution is -2.27. The zero-order chi connectivity index (χ0) is 18.5. The first-order chi connectivity index (χ1) is 13.3. The molecule has 1 amide bonds. The summed E-state index contributed by atoms with van der Waals surface area (Å²) in [6, 6.07) is 15.7. The lowest BCUT2D eigenvalue weighted by Gasteiger charge is -2.18. The van der Waals surface area contributed by atoms with Gasteiger partial charge in [0.05, 0.1) is 18.3 Å². The minimum atomic E-state index is -0.0137. The third-order valence-corrected chi connectivity index (χ3v) is 4.36. The number of carbonyl (C=O) groups is 1. The summed E-state index contributed by atoms with van der Waals surface area (Å²) >= 11 is 0. The van der Waals surface area contributed by atoms with Gasteiger partial charge in [0.25, 0.3) is 0 Å². The maximum atomic E-state index is 12.2. The Morgan fingerprint density at radius 3 is 2.70 bits per heavy atom. The summed E-state index contributed by atoms with van der Waals surface area (Å²) in [5, 5.41) is 7.28. The Hall–Kier alpha value is -3.28. The van der Waals surface area contributed by atoms with Crippen LogP contribution in [0.3, 0.4) is 0 Å². The summed E-state index contributed by atoms with van der Waals surface area (Å²) < 4.78 is 12.9. The number of nitrogens with one attached hydrogen (secondary N) is 1. The van der Waals surface area contributed by atoms with Gasteiger partial charge in [-0.2, -0.15) is 5.10 Å². The lowest BCUT2D eigenvalue weighted by atomic mass is 10.1. The zero-order valence-electron chi connectivity index (χ0n) is 14.9. The number of nitrogens with zero attached hydrogens (tertiary/aromatic N) is 2. The fraction of sp³-hybridized carbons (Fsp3) is 0.238. The molecule has 138 valence electrons. The minimum absolute atomic E-state index is 0.0137. The van der Waals surface area contributed by atoms with E-state index in [2.05, 4.69) is 10.4 Å². The molecule has 4 rings (SSSR count). The molecular weight excluding hydrogens is 342 g/mol. The molecule has 0 fully saturated rings. The van der Waals surface area contributed by atoms with Crippen LogP contribution in [0.2, 0.25) is 0 Å². The fourth-order valence-corrected chi connectivity index (χ4v) is 3.01. The molecular formula is C21H21N3O3. The van der Waals surface area contributed by atoms with Crippen LogP contribution in [0.4, 0.5) is 0 Å². The Labute approximate surface area is 157 Å². The number of fused-ring (bicyclic) bond motifs is 1. The van der Waals surface area contributed by atoms with Crippen molar-refractivity contribution in [2.24, 2.45) is 0 Å². The van der Waals surface area contributed by atoms with Gasteiger partial charge in [-0.05, 0) is 41.8 Å². The van der Waals surface area contributed by atoms with Crippen molar-refractivity contribution in [3.8, 4) is 17.2 Å². The normalized spacial score (nSPS) is 12.6. The molecule has 0 bridgehead atoms. The van der Waals surface area contributed by atoms with Crippen LogP contribution in [0.5, 0.6) is 11.5 Å². The number of amides is 1. The van der Waals surface area contributed by atoms with Gasteiger partial charge in [-0.25, -0.2) is 4.68 Å². The van der Waals surface area contributed by atoms with Gasteiger partial charge in [-0.1, -0.05) is 24.3 Å². The molecule has 0 aliphatic carbocycles. The molecule has 0 spiro atoms. The molecule has 1 aromatic heterocycles. The van der Waals surface area contributed by atoms with E-state index in [1.807, 2.05) is 54.7 Å². The number of aromatic nitrogens is 2. The van der Waals surface area contributed by atoms with Crippen molar-refractivity contribution >= 4 is 5.91 Å². The molecule has 0 saturated carbocycles. The number of benzene rings is 2. The molecule has 0 saturated heterocycles. The molecule has 3 aromatic rings. The van der Waals surface area contributed by atoms with E-state index in [9.17, 15) is 4.79 Å². The highest BCUT2D eigenvalue weighted by atomic mass is 16.6. The predicted octanol–water partition coefficient (Wildman–Crippen LogP) is 2.54. The van der Waals surface area contributed by atoms with E-state index in [1.54, 1.807) is 10.9 Å². The zero-order valence-corrected chi connectivity index (χ0v) is 14.9. The van der Waals surface area contributed by atoms with Crippen LogP contribution in [0.15, 0.2) is 60.9 Å². The topological polar surface area (TPSA) is 65.4 Å². The number of para-hydroxylation sites is 1. The largest absolute Gasteiger partial charge is 0.486 e. The Morgan fingerprint density at radius 2 is 1.85 bits per heavy atom. The van der Waals surface area contributed by atoms with Gasteiger partial charge in [-0.15, -0.1) is 0 Å². The highest BCUT2D eigenvalue weighted by Crippen LogP contribution is 2.30. The maximum absolute atomic E-state index is 12.2. The number of carbonyl (C=O) groups excluding carboxylic acids is 1. The van der Waals surface area contributed by atoms with Crippen LogP contribution < -0.4 is 14.8 Å². The molecule has 0 atom stereocenters. The monoisotopic (exact) mass is 363 g/mol.